The summed E-state index contributed by atoms with van der Waals surface area (Å²) in [6, 6.07) is 32.5. The molecule has 0 fully saturated rings. The number of nitrogens with zero attached hydrogens (tertiary/aromatic N) is 1. The van der Waals surface area contributed by atoms with Crippen molar-refractivity contribution in [2.75, 3.05) is 4.90 Å². The van der Waals surface area contributed by atoms with Gasteiger partial charge < -0.3 is 14.4 Å². The lowest BCUT2D eigenvalue weighted by Gasteiger charge is -2.31. The van der Waals surface area contributed by atoms with Crippen LogP contribution in [0.25, 0.3) is 33.5 Å². The normalized spacial score (nSPS) is 12.9. The summed E-state index contributed by atoms with van der Waals surface area (Å²) in [5.74, 6) is 0.0922. The van der Waals surface area contributed by atoms with E-state index < -0.39 is 5.97 Å². The zero-order chi connectivity index (χ0) is 32.7. The molecular formula is C42H35NO4. The van der Waals surface area contributed by atoms with Crippen molar-refractivity contribution in [3.05, 3.63) is 138 Å². The Bertz CT molecular complexity index is 2100. The van der Waals surface area contributed by atoms with Crippen LogP contribution in [0.3, 0.4) is 0 Å². The van der Waals surface area contributed by atoms with E-state index in [2.05, 4.69) is 78.2 Å². The van der Waals surface area contributed by atoms with Crippen molar-refractivity contribution in [3.8, 4) is 22.6 Å². The third kappa shape index (κ3) is 5.77. The third-order valence-corrected chi connectivity index (χ3v) is 8.71. The van der Waals surface area contributed by atoms with E-state index in [0.29, 0.717) is 17.1 Å². The number of hydrogen-bond donors (Lipinski definition) is 0. The van der Waals surface area contributed by atoms with Crippen molar-refractivity contribution in [1.82, 2.24) is 0 Å². The lowest BCUT2D eigenvalue weighted by molar-refractivity contribution is -0.137. The van der Waals surface area contributed by atoms with Gasteiger partial charge in [0.05, 0.1) is 11.6 Å². The maximum atomic E-state index is 12.3. The molecule has 232 valence electrons. The van der Waals surface area contributed by atoms with Crippen LogP contribution in [-0.4, -0.2) is 11.9 Å². The first-order valence-electron chi connectivity index (χ1n) is 15.9. The summed E-state index contributed by atoms with van der Waals surface area (Å²) in [5, 5.41) is 2.56. The summed E-state index contributed by atoms with van der Waals surface area (Å²) in [6.45, 7) is 8.93. The fourth-order valence-corrected chi connectivity index (χ4v) is 6.26. The molecule has 0 saturated carbocycles. The monoisotopic (exact) mass is 617 g/mol. The van der Waals surface area contributed by atoms with Crippen LogP contribution in [0.4, 0.5) is 17.1 Å². The number of rotatable bonds is 8. The van der Waals surface area contributed by atoms with Gasteiger partial charge in [-0.15, -0.1) is 0 Å². The Morgan fingerprint density at radius 2 is 1.34 bits per heavy atom. The van der Waals surface area contributed by atoms with Crippen molar-refractivity contribution < 1.29 is 19.1 Å². The SMILES string of the molecule is C=C(C)C(=O)Oc1ccc(-c2ccc(N(c3ccc(OC(=O)C(C)C)cc3)c3ccc4ccc5c6c4c3CC=C6CC=C5)cc2)cc1. The Morgan fingerprint density at radius 1 is 0.745 bits per heavy atom. The second-order valence-electron chi connectivity index (χ2n) is 12.4. The van der Waals surface area contributed by atoms with Crippen LogP contribution < -0.4 is 14.4 Å². The molecular weight excluding hydrogens is 582 g/mol. The molecule has 0 heterocycles. The standard InChI is InChI=1S/C42H35NO4/c1-26(2)41(44)46-35-20-12-29(13-21-35)28-10-16-33(17-11-28)43(34-18-22-36(23-19-34)47-42(45)27(3)4)38-25-15-32-9-8-30-6-5-7-31-14-24-37(38)40(32)39(30)31/h5-6,8-23,25,27H,1,7,24H2,2-4H3. The number of benzene rings is 5. The maximum Gasteiger partial charge on any atom is 0.338 e. The largest absolute Gasteiger partial charge is 0.426 e. The van der Waals surface area contributed by atoms with E-state index >= 15 is 0 Å². The van der Waals surface area contributed by atoms with Crippen molar-refractivity contribution in [1.29, 1.82) is 0 Å². The number of esters is 2. The van der Waals surface area contributed by atoms with E-state index in [0.717, 1.165) is 41.0 Å². The Morgan fingerprint density at radius 3 is 2.00 bits per heavy atom. The van der Waals surface area contributed by atoms with Crippen LogP contribution in [-0.2, 0) is 16.0 Å². The summed E-state index contributed by atoms with van der Waals surface area (Å²) in [6.07, 6.45) is 8.65. The van der Waals surface area contributed by atoms with Crippen LogP contribution in [0.1, 0.15) is 43.9 Å². The molecule has 5 aromatic carbocycles. The highest BCUT2D eigenvalue weighted by atomic mass is 16.5. The summed E-state index contributed by atoms with van der Waals surface area (Å²) in [5.41, 5.74) is 10.8. The van der Waals surface area contributed by atoms with Gasteiger partial charge in [-0.1, -0.05) is 81.1 Å². The van der Waals surface area contributed by atoms with Crippen LogP contribution in [0.15, 0.2) is 121 Å². The van der Waals surface area contributed by atoms with Gasteiger partial charge in [-0.2, -0.15) is 0 Å². The minimum atomic E-state index is -0.440. The zero-order valence-electron chi connectivity index (χ0n) is 26.7. The number of carbonyl (C=O) groups excluding carboxylic acids is 2. The molecule has 5 heteroatoms. The Balaban J connectivity index is 1.29. The second kappa shape index (κ2) is 12.3. The average Bonchev–Trinajstić information content (AvgIpc) is 3.09. The minimum absolute atomic E-state index is 0.211. The number of carbonyl (C=O) groups is 2. The van der Waals surface area contributed by atoms with E-state index in [1.807, 2.05) is 50.2 Å². The predicted octanol–water partition coefficient (Wildman–Crippen LogP) is 10.4. The molecule has 0 bridgehead atoms. The first-order valence-corrected chi connectivity index (χ1v) is 15.9. The second-order valence-corrected chi connectivity index (χ2v) is 12.4. The molecule has 0 saturated heterocycles. The lowest BCUT2D eigenvalue weighted by Crippen LogP contribution is -2.15. The van der Waals surface area contributed by atoms with Gasteiger partial charge in [0.2, 0.25) is 0 Å². The number of hydrogen-bond acceptors (Lipinski definition) is 5. The van der Waals surface area contributed by atoms with Gasteiger partial charge in [0.15, 0.2) is 0 Å². The van der Waals surface area contributed by atoms with Gasteiger partial charge >= 0.3 is 11.9 Å². The average molecular weight is 618 g/mol. The van der Waals surface area contributed by atoms with Crippen LogP contribution in [0.2, 0.25) is 0 Å². The topological polar surface area (TPSA) is 55.8 Å². The molecule has 2 aliphatic rings. The van der Waals surface area contributed by atoms with Crippen molar-refractivity contribution in [2.45, 2.75) is 33.6 Å². The van der Waals surface area contributed by atoms with Crippen LogP contribution in [0, 0.1) is 5.92 Å². The van der Waals surface area contributed by atoms with Gasteiger partial charge in [0.1, 0.15) is 11.5 Å². The number of allylic oxidation sites excluding steroid dienone is 3. The van der Waals surface area contributed by atoms with E-state index in [-0.39, 0.29) is 11.9 Å². The molecule has 5 nitrogen and oxygen atoms in total. The summed E-state index contributed by atoms with van der Waals surface area (Å²) < 4.78 is 11.0. The smallest absolute Gasteiger partial charge is 0.338 e. The maximum absolute atomic E-state index is 12.3. The van der Waals surface area contributed by atoms with Gasteiger partial charge in [0, 0.05) is 16.9 Å². The van der Waals surface area contributed by atoms with Crippen molar-refractivity contribution in [3.63, 3.8) is 0 Å². The van der Waals surface area contributed by atoms with Gasteiger partial charge in [-0.05, 0) is 119 Å². The zero-order valence-corrected chi connectivity index (χ0v) is 26.7. The molecule has 0 unspecified atom stereocenters. The number of anilines is 3. The molecule has 47 heavy (non-hydrogen) atoms. The third-order valence-electron chi connectivity index (χ3n) is 8.71. The van der Waals surface area contributed by atoms with E-state index in [1.165, 1.54) is 33.0 Å². The van der Waals surface area contributed by atoms with Crippen molar-refractivity contribution >= 4 is 51.4 Å². The fourth-order valence-electron chi connectivity index (χ4n) is 6.26. The molecule has 0 atom stereocenters. The Hall–Kier alpha value is -5.68. The Labute approximate surface area is 275 Å². The molecule has 0 aromatic heterocycles. The molecule has 0 radical (unpaired) electrons. The summed E-state index contributed by atoms with van der Waals surface area (Å²) in [7, 11) is 0. The predicted molar refractivity (Wildman–Crippen MR) is 190 cm³/mol. The lowest BCUT2D eigenvalue weighted by atomic mass is 9.81. The van der Waals surface area contributed by atoms with Gasteiger partial charge in [0.25, 0.3) is 0 Å². The molecule has 0 spiro atoms. The fraction of sp³-hybridized carbons (Fsp3) is 0.143. The van der Waals surface area contributed by atoms with Crippen molar-refractivity contribution in [2.24, 2.45) is 5.92 Å². The minimum Gasteiger partial charge on any atom is -0.426 e. The molecule has 0 amide bonds. The highest BCUT2D eigenvalue weighted by molar-refractivity contribution is 6.05. The summed E-state index contributed by atoms with van der Waals surface area (Å²) in [4.78, 5) is 26.5. The van der Waals surface area contributed by atoms with E-state index in [4.69, 9.17) is 9.47 Å². The molecule has 5 aromatic rings. The van der Waals surface area contributed by atoms with E-state index in [1.54, 1.807) is 19.1 Å². The van der Waals surface area contributed by atoms with Gasteiger partial charge in [-0.25, -0.2) is 4.79 Å². The highest BCUT2D eigenvalue weighted by Crippen LogP contribution is 2.46. The number of ether oxygens (including phenoxy) is 2. The van der Waals surface area contributed by atoms with Crippen LogP contribution in [0.5, 0.6) is 11.5 Å². The quantitative estimate of drug-likeness (QED) is 0.0985. The Kier molecular flexibility index (Phi) is 7.82. The van der Waals surface area contributed by atoms with E-state index in [9.17, 15) is 9.59 Å². The molecule has 7 rings (SSSR count). The van der Waals surface area contributed by atoms with Gasteiger partial charge in [-0.3, -0.25) is 4.79 Å². The summed E-state index contributed by atoms with van der Waals surface area (Å²) >= 11 is 0. The molecule has 0 aliphatic heterocycles. The highest BCUT2D eigenvalue weighted by Gasteiger charge is 2.25. The first-order chi connectivity index (χ1) is 22.8. The first kappa shape index (κ1) is 30.0. The molecule has 2 aliphatic carbocycles. The van der Waals surface area contributed by atoms with Crippen LogP contribution >= 0.6 is 0 Å². The molecule has 0 N–H and O–H groups in total.